The summed E-state index contributed by atoms with van der Waals surface area (Å²) in [6.45, 7) is 2.25. The predicted octanol–water partition coefficient (Wildman–Crippen LogP) is 1.56. The van der Waals surface area contributed by atoms with E-state index in [9.17, 15) is 4.79 Å². The SMILES string of the molecule is CN=C(NCc1ccc(Cl)s1)N1CCN(c2cnn(C)c2)C(=O)C1. The molecule has 0 radical (unpaired) electrons. The van der Waals surface area contributed by atoms with Crippen molar-refractivity contribution in [2.45, 2.75) is 6.54 Å². The Labute approximate surface area is 149 Å². The lowest BCUT2D eigenvalue weighted by molar-refractivity contribution is -0.120. The Balaban J connectivity index is 1.60. The second-order valence-electron chi connectivity index (χ2n) is 5.45. The van der Waals surface area contributed by atoms with Crippen LogP contribution < -0.4 is 10.2 Å². The third-order valence-corrected chi connectivity index (χ3v) is 5.02. The van der Waals surface area contributed by atoms with E-state index in [1.807, 2.05) is 30.3 Å². The maximum atomic E-state index is 12.5. The molecule has 0 bridgehead atoms. The van der Waals surface area contributed by atoms with Gasteiger partial charge in [-0.3, -0.25) is 14.5 Å². The molecule has 0 aromatic carbocycles. The van der Waals surface area contributed by atoms with Gasteiger partial charge in [0.25, 0.3) is 0 Å². The summed E-state index contributed by atoms with van der Waals surface area (Å²) < 4.78 is 2.46. The molecule has 0 unspecified atom stereocenters. The number of aryl methyl sites for hydroxylation is 1. The average Bonchev–Trinajstić information content (AvgIpc) is 3.16. The molecule has 0 spiro atoms. The number of carbonyl (C=O) groups is 1. The summed E-state index contributed by atoms with van der Waals surface area (Å²) >= 11 is 7.48. The van der Waals surface area contributed by atoms with Crippen molar-refractivity contribution in [3.8, 4) is 0 Å². The van der Waals surface area contributed by atoms with Crippen LogP contribution in [0.2, 0.25) is 4.34 Å². The molecule has 3 heterocycles. The van der Waals surface area contributed by atoms with Gasteiger partial charge in [-0.2, -0.15) is 5.10 Å². The Morgan fingerprint density at radius 1 is 1.46 bits per heavy atom. The third kappa shape index (κ3) is 3.70. The van der Waals surface area contributed by atoms with Crippen LogP contribution in [-0.4, -0.2) is 53.2 Å². The second-order valence-corrected chi connectivity index (χ2v) is 7.25. The van der Waals surface area contributed by atoms with Crippen LogP contribution in [0.1, 0.15) is 4.88 Å². The fourth-order valence-corrected chi connectivity index (χ4v) is 3.65. The zero-order valence-corrected chi connectivity index (χ0v) is 15.1. The maximum Gasteiger partial charge on any atom is 0.246 e. The van der Waals surface area contributed by atoms with E-state index in [0.29, 0.717) is 26.2 Å². The van der Waals surface area contributed by atoms with Crippen molar-refractivity contribution in [3.05, 3.63) is 33.7 Å². The van der Waals surface area contributed by atoms with Crippen molar-refractivity contribution in [2.75, 3.05) is 31.6 Å². The van der Waals surface area contributed by atoms with Crippen LogP contribution in [0.4, 0.5) is 5.69 Å². The molecule has 0 atom stereocenters. The van der Waals surface area contributed by atoms with Gasteiger partial charge >= 0.3 is 0 Å². The topological polar surface area (TPSA) is 65.8 Å². The first-order valence-electron chi connectivity index (χ1n) is 7.55. The molecule has 128 valence electrons. The van der Waals surface area contributed by atoms with E-state index in [4.69, 9.17) is 11.6 Å². The molecule has 3 rings (SSSR count). The van der Waals surface area contributed by atoms with Crippen molar-refractivity contribution in [1.82, 2.24) is 20.0 Å². The maximum absolute atomic E-state index is 12.5. The van der Waals surface area contributed by atoms with Crippen molar-refractivity contribution in [3.63, 3.8) is 0 Å². The highest BCUT2D eigenvalue weighted by molar-refractivity contribution is 7.16. The van der Waals surface area contributed by atoms with E-state index < -0.39 is 0 Å². The molecule has 9 heteroatoms. The summed E-state index contributed by atoms with van der Waals surface area (Å²) in [5.41, 5.74) is 0.832. The zero-order chi connectivity index (χ0) is 17.1. The monoisotopic (exact) mass is 366 g/mol. The fraction of sp³-hybridized carbons (Fsp3) is 0.400. The van der Waals surface area contributed by atoms with Crippen LogP contribution >= 0.6 is 22.9 Å². The number of amides is 1. The van der Waals surface area contributed by atoms with Crippen LogP contribution in [0.3, 0.4) is 0 Å². The summed E-state index contributed by atoms with van der Waals surface area (Å²) in [7, 11) is 3.56. The van der Waals surface area contributed by atoms with Gasteiger partial charge < -0.3 is 15.1 Å². The van der Waals surface area contributed by atoms with Gasteiger partial charge in [-0.15, -0.1) is 11.3 Å². The molecule has 1 fully saturated rings. The van der Waals surface area contributed by atoms with Gasteiger partial charge in [-0.1, -0.05) is 11.6 Å². The smallest absolute Gasteiger partial charge is 0.246 e. The van der Waals surface area contributed by atoms with Crippen molar-refractivity contribution < 1.29 is 4.79 Å². The summed E-state index contributed by atoms with van der Waals surface area (Å²) in [5, 5.41) is 7.41. The number of nitrogens with one attached hydrogen (secondary N) is 1. The lowest BCUT2D eigenvalue weighted by Crippen LogP contribution is -2.55. The molecule has 7 nitrogen and oxygen atoms in total. The molecule has 1 aliphatic rings. The van der Waals surface area contributed by atoms with Crippen LogP contribution in [0.25, 0.3) is 0 Å². The number of halogens is 1. The van der Waals surface area contributed by atoms with E-state index in [2.05, 4.69) is 15.4 Å². The molecule has 24 heavy (non-hydrogen) atoms. The number of carbonyl (C=O) groups excluding carboxylic acids is 1. The number of rotatable bonds is 3. The van der Waals surface area contributed by atoms with Gasteiger partial charge in [-0.25, -0.2) is 0 Å². The summed E-state index contributed by atoms with van der Waals surface area (Å²) in [6.07, 6.45) is 3.56. The highest BCUT2D eigenvalue weighted by Gasteiger charge is 2.27. The minimum absolute atomic E-state index is 0.0383. The lowest BCUT2D eigenvalue weighted by Gasteiger charge is -2.35. The van der Waals surface area contributed by atoms with Crippen molar-refractivity contribution in [1.29, 1.82) is 0 Å². The molecular formula is C15H19ClN6OS. The highest BCUT2D eigenvalue weighted by Crippen LogP contribution is 2.21. The second kappa shape index (κ2) is 7.23. The van der Waals surface area contributed by atoms with E-state index >= 15 is 0 Å². The number of thiophene rings is 1. The molecule has 1 N–H and O–H groups in total. The number of guanidine groups is 1. The lowest BCUT2D eigenvalue weighted by atomic mass is 10.3. The van der Waals surface area contributed by atoms with Crippen LogP contribution in [0.15, 0.2) is 29.5 Å². The number of aliphatic imine (C=N–C) groups is 1. The van der Waals surface area contributed by atoms with Gasteiger partial charge in [0.1, 0.15) is 6.54 Å². The minimum Gasteiger partial charge on any atom is -0.351 e. The van der Waals surface area contributed by atoms with Crippen molar-refractivity contribution in [2.24, 2.45) is 12.0 Å². The predicted molar refractivity (Wildman–Crippen MR) is 96.7 cm³/mol. The third-order valence-electron chi connectivity index (χ3n) is 3.78. The van der Waals surface area contributed by atoms with E-state index in [1.165, 1.54) is 11.3 Å². The standard InChI is InChI=1S/C15H19ClN6OS/c1-17-15(18-8-12-3-4-13(16)24-12)21-5-6-22(14(23)10-21)11-7-19-20(2)9-11/h3-4,7,9H,5-6,8,10H2,1-2H3,(H,17,18). The summed E-state index contributed by atoms with van der Waals surface area (Å²) in [5.74, 6) is 0.759. The van der Waals surface area contributed by atoms with E-state index in [1.54, 1.807) is 22.8 Å². The van der Waals surface area contributed by atoms with Crippen LogP contribution in [0, 0.1) is 0 Å². The van der Waals surface area contributed by atoms with Gasteiger partial charge in [0, 0.05) is 38.3 Å². The molecule has 2 aromatic heterocycles. The quantitative estimate of drug-likeness (QED) is 0.661. The molecular weight excluding hydrogens is 348 g/mol. The average molecular weight is 367 g/mol. The van der Waals surface area contributed by atoms with Gasteiger partial charge in [-0.05, 0) is 12.1 Å². The Morgan fingerprint density at radius 2 is 2.29 bits per heavy atom. The number of aromatic nitrogens is 2. The molecule has 1 amide bonds. The van der Waals surface area contributed by atoms with E-state index in [-0.39, 0.29) is 5.91 Å². The Kier molecular flexibility index (Phi) is 5.06. The van der Waals surface area contributed by atoms with E-state index in [0.717, 1.165) is 20.9 Å². The first-order chi connectivity index (χ1) is 11.6. The fourth-order valence-electron chi connectivity index (χ4n) is 2.62. The summed E-state index contributed by atoms with van der Waals surface area (Å²) in [6, 6.07) is 3.86. The molecule has 1 saturated heterocycles. The van der Waals surface area contributed by atoms with Gasteiger partial charge in [0.15, 0.2) is 5.96 Å². The largest absolute Gasteiger partial charge is 0.351 e. The Hall–Kier alpha value is -2.06. The number of nitrogens with zero attached hydrogens (tertiary/aromatic N) is 5. The normalized spacial score (nSPS) is 16.0. The number of anilines is 1. The molecule has 0 aliphatic carbocycles. The first-order valence-corrected chi connectivity index (χ1v) is 8.75. The van der Waals surface area contributed by atoms with Crippen LogP contribution in [0.5, 0.6) is 0 Å². The Morgan fingerprint density at radius 3 is 2.88 bits per heavy atom. The Bertz CT molecular complexity index is 755. The van der Waals surface area contributed by atoms with Crippen LogP contribution in [-0.2, 0) is 18.4 Å². The minimum atomic E-state index is 0.0383. The first kappa shape index (κ1) is 16.8. The number of hydrogen-bond donors (Lipinski definition) is 1. The molecule has 1 aliphatic heterocycles. The van der Waals surface area contributed by atoms with Crippen molar-refractivity contribution >= 4 is 40.5 Å². The number of piperazine rings is 1. The zero-order valence-electron chi connectivity index (χ0n) is 13.6. The van der Waals surface area contributed by atoms with Gasteiger partial charge in [0.05, 0.1) is 22.8 Å². The highest BCUT2D eigenvalue weighted by atomic mass is 35.5. The molecule has 2 aromatic rings. The molecule has 0 saturated carbocycles. The van der Waals surface area contributed by atoms with Gasteiger partial charge in [0.2, 0.25) is 5.91 Å². The number of hydrogen-bond acceptors (Lipinski definition) is 4. The summed E-state index contributed by atoms with van der Waals surface area (Å²) in [4.78, 5) is 21.6.